The summed E-state index contributed by atoms with van der Waals surface area (Å²) >= 11 is 1.25. The summed E-state index contributed by atoms with van der Waals surface area (Å²) < 4.78 is 197. The van der Waals surface area contributed by atoms with Crippen molar-refractivity contribution >= 4 is 63.0 Å². The minimum absolute atomic E-state index is 0.0761. The molecule has 0 aliphatic heterocycles. The first-order valence-electron chi connectivity index (χ1n) is 14.1. The quantitative estimate of drug-likeness (QED) is 0.0339. The normalized spacial score (nSPS) is 13.0. The average molecular weight is 830 g/mol. The first-order valence-corrected chi connectivity index (χ1v) is 16.8. The summed E-state index contributed by atoms with van der Waals surface area (Å²) in [5.74, 6) is -30.7. The van der Waals surface area contributed by atoms with Gasteiger partial charge in [-0.2, -0.15) is 17.6 Å². The molecule has 2 aromatic heterocycles. The molecule has 2 unspecified atom stereocenters. The van der Waals surface area contributed by atoms with E-state index in [0.717, 1.165) is 36.4 Å². The fourth-order valence-electron chi connectivity index (χ4n) is 4.54. The Labute approximate surface area is 299 Å². The summed E-state index contributed by atoms with van der Waals surface area (Å²) in [5, 5.41) is 0.152. The van der Waals surface area contributed by atoms with Crippen LogP contribution in [0.1, 0.15) is 43.2 Å². The van der Waals surface area contributed by atoms with Crippen LogP contribution in [0.25, 0.3) is 20.2 Å². The van der Waals surface area contributed by atoms with Gasteiger partial charge in [0.25, 0.3) is 12.7 Å². The van der Waals surface area contributed by atoms with Gasteiger partial charge in [0.1, 0.15) is 9.75 Å². The molecule has 0 amide bonds. The Morgan fingerprint density at radius 1 is 0.500 bits per heavy atom. The molecule has 0 saturated carbocycles. The first kappa shape index (κ1) is 38.6. The van der Waals surface area contributed by atoms with Gasteiger partial charge in [-0.3, -0.25) is 0 Å². The van der Waals surface area contributed by atoms with Crippen molar-refractivity contribution in [3.05, 3.63) is 128 Å². The van der Waals surface area contributed by atoms with E-state index < -0.39 is 112 Å². The molecule has 2 heterocycles. The van der Waals surface area contributed by atoms with E-state index in [1.807, 2.05) is 0 Å². The smallest absolute Gasteiger partial charge is 0.416 e. The Kier molecular flexibility index (Phi) is 10.7. The van der Waals surface area contributed by atoms with Crippen LogP contribution in [0, 0.1) is 58.2 Å². The number of fused-ring (bicyclic) bond motifs is 2. The molecule has 2 atom stereocenters. The van der Waals surface area contributed by atoms with Gasteiger partial charge in [-0.1, -0.05) is 21.2 Å². The lowest BCUT2D eigenvalue weighted by atomic mass is 10.1. The van der Waals surface area contributed by atoms with E-state index in [1.165, 1.54) is 12.1 Å². The van der Waals surface area contributed by atoms with Gasteiger partial charge in [-0.25, -0.2) is 44.7 Å². The Morgan fingerprint density at radius 2 is 0.815 bits per heavy atom. The number of carbonyl (C=O) groups is 2. The highest BCUT2D eigenvalue weighted by Crippen LogP contribution is 2.42. The van der Waals surface area contributed by atoms with Gasteiger partial charge in [0.05, 0.1) is 0 Å². The first-order chi connectivity index (χ1) is 25.5. The maximum absolute atomic E-state index is 14.9. The third-order valence-corrected chi connectivity index (χ3v) is 10.00. The lowest BCUT2D eigenvalue weighted by molar-refractivity contribution is 0.0128. The average Bonchev–Trinajstić information content (AvgIpc) is 3.79. The molecule has 6 aromatic rings. The number of halogens is 12. The van der Waals surface area contributed by atoms with E-state index in [-0.39, 0.29) is 31.3 Å². The highest BCUT2D eigenvalue weighted by Gasteiger charge is 2.35. The second-order valence-electron chi connectivity index (χ2n) is 10.5. The summed E-state index contributed by atoms with van der Waals surface area (Å²) in [4.78, 5) is 24.1. The zero-order valence-electron chi connectivity index (χ0n) is 25.4. The summed E-state index contributed by atoms with van der Waals surface area (Å²) in [6.07, 6.45) is -5.08. The van der Waals surface area contributed by atoms with Crippen LogP contribution in [0.2, 0.25) is 0 Å². The largest absolute Gasteiger partial charge is 0.704 e. The second kappa shape index (κ2) is 15.0. The highest BCUT2D eigenvalue weighted by molar-refractivity contribution is 7.33. The predicted molar refractivity (Wildman–Crippen MR) is 164 cm³/mol. The van der Waals surface area contributed by atoms with Crippen molar-refractivity contribution in [1.82, 2.24) is 0 Å². The van der Waals surface area contributed by atoms with Crippen molar-refractivity contribution in [2.24, 2.45) is 0 Å². The number of alkyl halides is 2. The molecule has 0 saturated heterocycles. The standard InChI is InChI=1S/C32H10F12O7PS2/c33-17-19(35)23(39)27(24(40)20(17)36)48-31(45)15-7-11-5-9(1-3-13(11)53-15)29(43)50-52(47)51-30(44)10-2-4-14-12(6-10)8-16(54-14)32(46)49-28-25(41)21(37)18(34)22(38)26(28)42/h1-8,29-30H/q+1. The number of ether oxygens (including phenoxy) is 2. The van der Waals surface area contributed by atoms with E-state index in [2.05, 4.69) is 18.5 Å². The molecule has 22 heteroatoms. The molecule has 6 rings (SSSR count). The maximum atomic E-state index is 14.9. The third kappa shape index (κ3) is 7.24. The monoisotopic (exact) mass is 829 g/mol. The number of carbonyl (C=O) groups excluding carboxylic acids is 2. The molecule has 280 valence electrons. The summed E-state index contributed by atoms with van der Waals surface area (Å²) in [5.41, 5.74) is -0.709. The van der Waals surface area contributed by atoms with Crippen molar-refractivity contribution in [3.63, 3.8) is 0 Å². The number of thiophene rings is 2. The maximum Gasteiger partial charge on any atom is 0.704 e. The Morgan fingerprint density at radius 3 is 1.15 bits per heavy atom. The lowest BCUT2D eigenvalue weighted by Crippen LogP contribution is -2.12. The molecule has 0 aliphatic rings. The van der Waals surface area contributed by atoms with Gasteiger partial charge in [0.15, 0.2) is 0 Å². The summed E-state index contributed by atoms with van der Waals surface area (Å²) in [6.45, 7) is 0. The van der Waals surface area contributed by atoms with Gasteiger partial charge in [0.2, 0.25) is 69.7 Å². The van der Waals surface area contributed by atoms with Crippen LogP contribution in [-0.4, -0.2) is 11.9 Å². The molecular weight excluding hydrogens is 819 g/mol. The molecule has 0 bridgehead atoms. The molecule has 0 aliphatic carbocycles. The molecule has 0 radical (unpaired) electrons. The zero-order chi connectivity index (χ0) is 39.3. The van der Waals surface area contributed by atoms with Crippen LogP contribution in [0.4, 0.5) is 52.7 Å². The van der Waals surface area contributed by atoms with Crippen LogP contribution in [0.3, 0.4) is 0 Å². The van der Waals surface area contributed by atoms with E-state index in [0.29, 0.717) is 22.7 Å². The van der Waals surface area contributed by atoms with E-state index in [9.17, 15) is 66.8 Å². The van der Waals surface area contributed by atoms with E-state index in [4.69, 9.17) is 0 Å². The van der Waals surface area contributed by atoms with Crippen LogP contribution in [0.15, 0.2) is 48.5 Å². The van der Waals surface area contributed by atoms with Crippen LogP contribution < -0.4 is 9.47 Å². The number of rotatable bonds is 10. The molecule has 0 spiro atoms. The third-order valence-electron chi connectivity index (χ3n) is 7.09. The fraction of sp³-hybridized carbons (Fsp3) is 0.0625. The number of esters is 2. The minimum atomic E-state index is -3.55. The van der Waals surface area contributed by atoms with Gasteiger partial charge in [0, 0.05) is 25.1 Å². The van der Waals surface area contributed by atoms with Gasteiger partial charge < -0.3 is 9.47 Å². The fourth-order valence-corrected chi connectivity index (χ4v) is 6.97. The molecule has 0 fully saturated rings. The lowest BCUT2D eigenvalue weighted by Gasteiger charge is -2.07. The Balaban J connectivity index is 1.10. The van der Waals surface area contributed by atoms with Gasteiger partial charge >= 0.3 is 20.2 Å². The van der Waals surface area contributed by atoms with Crippen LogP contribution >= 0.6 is 30.9 Å². The Bertz CT molecular complexity index is 2310. The van der Waals surface area contributed by atoms with Crippen LogP contribution in [-0.2, 0) is 13.6 Å². The SMILES string of the molecule is O=C(Oc1c(F)c(F)c(F)c(F)c1F)c1cc2cc(C(F)O[P+](=O)OC(F)c3ccc4sc(C(=O)Oc5c(F)c(F)c(F)c(F)c5F)cc4c3)ccc2s1. The molecule has 7 nitrogen and oxygen atoms in total. The van der Waals surface area contributed by atoms with Crippen molar-refractivity contribution in [1.29, 1.82) is 0 Å². The van der Waals surface area contributed by atoms with Crippen molar-refractivity contribution in [2.45, 2.75) is 12.7 Å². The topological polar surface area (TPSA) is 88.1 Å². The molecule has 4 aromatic carbocycles. The van der Waals surface area contributed by atoms with E-state index >= 15 is 0 Å². The van der Waals surface area contributed by atoms with Crippen molar-refractivity contribution in [2.75, 3.05) is 0 Å². The zero-order valence-corrected chi connectivity index (χ0v) is 28.0. The minimum Gasteiger partial charge on any atom is -0.416 e. The van der Waals surface area contributed by atoms with Gasteiger partial charge in [-0.15, -0.1) is 22.7 Å². The molecule has 0 N–H and O–H groups in total. The number of hydrogen-bond donors (Lipinski definition) is 0. The van der Waals surface area contributed by atoms with E-state index in [1.54, 1.807) is 0 Å². The summed E-state index contributed by atoms with van der Waals surface area (Å²) in [7, 11) is -3.55. The van der Waals surface area contributed by atoms with Crippen LogP contribution in [0.5, 0.6) is 11.5 Å². The predicted octanol–water partition coefficient (Wildman–Crippen LogP) is 11.3. The molecular formula is C32H10F12O7PS2+. The number of benzene rings is 4. The van der Waals surface area contributed by atoms with Crippen molar-refractivity contribution < 1.29 is 85.4 Å². The second-order valence-corrected chi connectivity index (χ2v) is 13.5. The number of hydrogen-bond acceptors (Lipinski definition) is 9. The Hall–Kier alpha value is -5.08. The van der Waals surface area contributed by atoms with Crippen molar-refractivity contribution in [3.8, 4) is 11.5 Å². The molecule has 54 heavy (non-hydrogen) atoms. The van der Waals surface area contributed by atoms with Gasteiger partial charge in [-0.05, 0) is 47.2 Å². The highest BCUT2D eigenvalue weighted by atomic mass is 32.1. The summed E-state index contributed by atoms with van der Waals surface area (Å²) in [6, 6.07) is 8.74.